The number of aliphatic hydroxyl groups is 1. The van der Waals surface area contributed by atoms with Crippen LogP contribution >= 0.6 is 23.2 Å². The van der Waals surface area contributed by atoms with Gasteiger partial charge in [0.15, 0.2) is 0 Å². The number of halogens is 2. The van der Waals surface area contributed by atoms with Crippen LogP contribution in [0.1, 0.15) is 24.2 Å². The predicted octanol–water partition coefficient (Wildman–Crippen LogP) is 4.63. The van der Waals surface area contributed by atoms with Crippen molar-refractivity contribution in [2.45, 2.75) is 19.6 Å². The summed E-state index contributed by atoms with van der Waals surface area (Å²) in [6.07, 6.45) is -0.472. The van der Waals surface area contributed by atoms with Crippen LogP contribution in [0, 0.1) is 0 Å². The molecule has 4 heteroatoms. The Kier molecular flexibility index (Phi) is 4.70. The lowest BCUT2D eigenvalue weighted by Gasteiger charge is -2.09. The fourth-order valence-corrected chi connectivity index (χ4v) is 2.11. The molecule has 0 saturated carbocycles. The fourth-order valence-electron chi connectivity index (χ4n) is 1.64. The average molecular weight is 297 g/mol. The number of hydrogen-bond donors (Lipinski definition) is 1. The summed E-state index contributed by atoms with van der Waals surface area (Å²) in [5.41, 5.74) is 1.74. The number of rotatable bonds is 4. The van der Waals surface area contributed by atoms with Crippen molar-refractivity contribution in [3.05, 3.63) is 63.6 Å². The van der Waals surface area contributed by atoms with Gasteiger partial charge in [0.1, 0.15) is 12.4 Å². The van der Waals surface area contributed by atoms with Gasteiger partial charge in [0.2, 0.25) is 0 Å². The third-order valence-electron chi connectivity index (χ3n) is 2.77. The van der Waals surface area contributed by atoms with Crippen molar-refractivity contribution in [3.8, 4) is 5.75 Å². The van der Waals surface area contributed by atoms with Crippen LogP contribution in [-0.4, -0.2) is 5.11 Å². The van der Waals surface area contributed by atoms with Crippen molar-refractivity contribution in [1.82, 2.24) is 0 Å². The molecule has 1 atom stereocenters. The van der Waals surface area contributed by atoms with Gasteiger partial charge in [-0.15, -0.1) is 0 Å². The Hall–Kier alpha value is -1.22. The van der Waals surface area contributed by atoms with Crippen LogP contribution in [0.5, 0.6) is 5.75 Å². The molecule has 2 aromatic carbocycles. The van der Waals surface area contributed by atoms with E-state index < -0.39 is 6.10 Å². The normalized spacial score (nSPS) is 12.2. The smallest absolute Gasteiger partial charge is 0.119 e. The lowest BCUT2D eigenvalue weighted by Crippen LogP contribution is -1.97. The topological polar surface area (TPSA) is 29.5 Å². The third-order valence-corrected chi connectivity index (χ3v) is 3.36. The summed E-state index contributed by atoms with van der Waals surface area (Å²) in [4.78, 5) is 0. The van der Waals surface area contributed by atoms with Gasteiger partial charge in [-0.25, -0.2) is 0 Å². The first-order valence-electron chi connectivity index (χ1n) is 5.91. The molecule has 2 rings (SSSR count). The lowest BCUT2D eigenvalue weighted by atomic mass is 10.1. The van der Waals surface area contributed by atoms with E-state index in [1.807, 2.05) is 30.3 Å². The molecule has 1 N–H and O–H groups in total. The molecule has 0 aliphatic rings. The molecule has 0 spiro atoms. The Morgan fingerprint density at radius 2 is 1.79 bits per heavy atom. The maximum absolute atomic E-state index is 9.41. The molecule has 0 heterocycles. The minimum atomic E-state index is -0.472. The summed E-state index contributed by atoms with van der Waals surface area (Å²) in [5.74, 6) is 0.732. The first kappa shape index (κ1) is 14.2. The quantitative estimate of drug-likeness (QED) is 0.891. The molecule has 0 aliphatic carbocycles. The van der Waals surface area contributed by atoms with Gasteiger partial charge in [0.05, 0.1) is 6.10 Å². The molecule has 2 nitrogen and oxygen atoms in total. The van der Waals surface area contributed by atoms with Crippen LogP contribution in [0.25, 0.3) is 0 Å². The molecule has 0 aromatic heterocycles. The zero-order valence-electron chi connectivity index (χ0n) is 10.4. The molecule has 100 valence electrons. The van der Waals surface area contributed by atoms with Gasteiger partial charge in [-0.2, -0.15) is 0 Å². The Morgan fingerprint density at radius 1 is 1.11 bits per heavy atom. The van der Waals surface area contributed by atoms with Crippen molar-refractivity contribution in [2.24, 2.45) is 0 Å². The zero-order valence-corrected chi connectivity index (χ0v) is 11.9. The van der Waals surface area contributed by atoms with Crippen LogP contribution in [-0.2, 0) is 6.61 Å². The van der Waals surface area contributed by atoms with E-state index >= 15 is 0 Å². The van der Waals surface area contributed by atoms with Gasteiger partial charge in [-0.05, 0) is 36.8 Å². The Morgan fingerprint density at radius 3 is 2.37 bits per heavy atom. The van der Waals surface area contributed by atoms with Crippen molar-refractivity contribution in [2.75, 3.05) is 0 Å². The molecule has 19 heavy (non-hydrogen) atoms. The number of benzene rings is 2. The summed E-state index contributed by atoms with van der Waals surface area (Å²) in [5, 5.41) is 10.6. The second-order valence-electron chi connectivity index (χ2n) is 4.27. The first-order chi connectivity index (χ1) is 9.06. The van der Waals surface area contributed by atoms with Crippen molar-refractivity contribution >= 4 is 23.2 Å². The summed E-state index contributed by atoms with van der Waals surface area (Å²) >= 11 is 11.9. The molecular weight excluding hydrogens is 283 g/mol. The molecule has 0 radical (unpaired) electrons. The van der Waals surface area contributed by atoms with E-state index in [4.69, 9.17) is 27.9 Å². The van der Waals surface area contributed by atoms with Gasteiger partial charge < -0.3 is 9.84 Å². The van der Waals surface area contributed by atoms with Crippen LogP contribution in [0.15, 0.2) is 42.5 Å². The molecule has 0 bridgehead atoms. The van der Waals surface area contributed by atoms with Gasteiger partial charge in [-0.1, -0.05) is 41.4 Å². The minimum absolute atomic E-state index is 0.379. The maximum Gasteiger partial charge on any atom is 0.119 e. The molecule has 0 fully saturated rings. The van der Waals surface area contributed by atoms with E-state index in [1.165, 1.54) is 0 Å². The monoisotopic (exact) mass is 296 g/mol. The Balaban J connectivity index is 2.02. The van der Waals surface area contributed by atoms with Crippen LogP contribution in [0.2, 0.25) is 10.0 Å². The number of ether oxygens (including phenoxy) is 1. The van der Waals surface area contributed by atoms with E-state index in [0.29, 0.717) is 16.7 Å². The summed E-state index contributed by atoms with van der Waals surface area (Å²) in [7, 11) is 0. The number of hydrogen-bond acceptors (Lipinski definition) is 2. The standard InChI is InChI=1S/C15H14Cl2O2/c1-10(18)11-3-6-14(7-4-11)19-9-12-2-5-13(16)8-15(12)17/h2-8,10,18H,9H2,1H3. The average Bonchev–Trinajstić information content (AvgIpc) is 2.38. The van der Waals surface area contributed by atoms with E-state index in [9.17, 15) is 5.11 Å². The van der Waals surface area contributed by atoms with Gasteiger partial charge in [0, 0.05) is 15.6 Å². The van der Waals surface area contributed by atoms with E-state index in [0.717, 1.165) is 16.9 Å². The highest BCUT2D eigenvalue weighted by molar-refractivity contribution is 6.35. The lowest BCUT2D eigenvalue weighted by molar-refractivity contribution is 0.199. The first-order valence-corrected chi connectivity index (χ1v) is 6.66. The Labute approximate surface area is 122 Å². The van der Waals surface area contributed by atoms with Crippen molar-refractivity contribution in [3.63, 3.8) is 0 Å². The third kappa shape index (κ3) is 3.87. The SMILES string of the molecule is CC(O)c1ccc(OCc2ccc(Cl)cc2Cl)cc1. The van der Waals surface area contributed by atoms with Crippen LogP contribution in [0.4, 0.5) is 0 Å². The van der Waals surface area contributed by atoms with Gasteiger partial charge in [-0.3, -0.25) is 0 Å². The highest BCUT2D eigenvalue weighted by Crippen LogP contribution is 2.23. The summed E-state index contributed by atoms with van der Waals surface area (Å²) in [6.45, 7) is 2.10. The highest BCUT2D eigenvalue weighted by atomic mass is 35.5. The number of aliphatic hydroxyl groups excluding tert-OH is 1. The van der Waals surface area contributed by atoms with Gasteiger partial charge in [0.25, 0.3) is 0 Å². The second-order valence-corrected chi connectivity index (χ2v) is 5.11. The highest BCUT2D eigenvalue weighted by Gasteiger charge is 2.04. The van der Waals surface area contributed by atoms with Crippen molar-refractivity contribution in [1.29, 1.82) is 0 Å². The maximum atomic E-state index is 9.41. The zero-order chi connectivity index (χ0) is 13.8. The van der Waals surface area contributed by atoms with Crippen molar-refractivity contribution < 1.29 is 9.84 Å². The van der Waals surface area contributed by atoms with Crippen LogP contribution < -0.4 is 4.74 Å². The molecule has 0 aliphatic heterocycles. The Bertz CT molecular complexity index is 551. The summed E-state index contributed by atoms with van der Waals surface area (Å²) < 4.78 is 5.64. The largest absolute Gasteiger partial charge is 0.489 e. The molecule has 1 unspecified atom stereocenters. The molecular formula is C15H14Cl2O2. The van der Waals surface area contributed by atoms with Gasteiger partial charge >= 0.3 is 0 Å². The second kappa shape index (κ2) is 6.29. The van der Waals surface area contributed by atoms with E-state index in [2.05, 4.69) is 0 Å². The van der Waals surface area contributed by atoms with E-state index in [-0.39, 0.29) is 0 Å². The minimum Gasteiger partial charge on any atom is -0.489 e. The molecule has 2 aromatic rings. The predicted molar refractivity (Wildman–Crippen MR) is 77.9 cm³/mol. The van der Waals surface area contributed by atoms with Crippen LogP contribution in [0.3, 0.4) is 0 Å². The molecule has 0 saturated heterocycles. The van der Waals surface area contributed by atoms with E-state index in [1.54, 1.807) is 19.1 Å². The fraction of sp³-hybridized carbons (Fsp3) is 0.200. The summed E-state index contributed by atoms with van der Waals surface area (Å²) in [6, 6.07) is 12.6. The molecule has 0 amide bonds.